The third-order valence-corrected chi connectivity index (χ3v) is 4.56. The van der Waals surface area contributed by atoms with Gasteiger partial charge in [-0.05, 0) is 41.6 Å². The molecule has 0 nitrogen and oxygen atoms in total. The summed E-state index contributed by atoms with van der Waals surface area (Å²) in [5.74, 6) is 0. The lowest BCUT2D eigenvalue weighted by Crippen LogP contribution is -2.25. The van der Waals surface area contributed by atoms with E-state index in [1.54, 1.807) is 0 Å². The van der Waals surface area contributed by atoms with Crippen molar-refractivity contribution in [1.29, 1.82) is 0 Å². The minimum absolute atomic E-state index is 0.336. The molecule has 1 heteroatoms. The van der Waals surface area contributed by atoms with Crippen LogP contribution in [0, 0.1) is 0 Å². The van der Waals surface area contributed by atoms with E-state index in [9.17, 15) is 0 Å². The molecule has 0 aromatic heterocycles. The molecule has 0 N–H and O–H groups in total. The van der Waals surface area contributed by atoms with Gasteiger partial charge in [0.1, 0.15) is 0 Å². The van der Waals surface area contributed by atoms with Crippen LogP contribution in [0.3, 0.4) is 0 Å². The molecule has 0 heterocycles. The predicted molar refractivity (Wildman–Crippen MR) is 69.3 cm³/mol. The van der Waals surface area contributed by atoms with Gasteiger partial charge in [0.25, 0.3) is 0 Å². The van der Waals surface area contributed by atoms with E-state index in [-0.39, 0.29) is 0 Å². The lowest BCUT2D eigenvalue weighted by Gasteiger charge is -2.35. The molecule has 1 atom stereocenters. The van der Waals surface area contributed by atoms with Crippen LogP contribution >= 0.6 is 15.9 Å². The molecule has 15 heavy (non-hydrogen) atoms. The molecule has 1 unspecified atom stereocenters. The van der Waals surface area contributed by atoms with Crippen molar-refractivity contribution in [2.45, 2.75) is 38.5 Å². The molecule has 2 rings (SSSR count). The van der Waals surface area contributed by atoms with E-state index in [1.165, 1.54) is 34.9 Å². The largest absolute Gasteiger partial charge is 0.0623 e. The summed E-state index contributed by atoms with van der Waals surface area (Å²) in [7, 11) is 0. The summed E-state index contributed by atoms with van der Waals surface area (Å²) in [6.07, 6.45) is 3.60. The molecular weight excluding hydrogens is 248 g/mol. The van der Waals surface area contributed by atoms with E-state index in [0.29, 0.717) is 5.41 Å². The van der Waals surface area contributed by atoms with E-state index in [1.807, 2.05) is 0 Å². The minimum atomic E-state index is 0.336. The highest BCUT2D eigenvalue weighted by Gasteiger charge is 2.30. The van der Waals surface area contributed by atoms with Gasteiger partial charge in [-0.25, -0.2) is 0 Å². The Morgan fingerprint density at radius 2 is 1.87 bits per heavy atom. The molecule has 1 aromatic rings. The fourth-order valence-electron chi connectivity index (χ4n) is 2.46. The average Bonchev–Trinajstić information content (AvgIpc) is 2.26. The van der Waals surface area contributed by atoms with Crippen LogP contribution in [-0.2, 0) is 5.41 Å². The second-order valence-corrected chi connectivity index (χ2v) is 5.75. The zero-order valence-electron chi connectivity index (χ0n) is 9.39. The van der Waals surface area contributed by atoms with Gasteiger partial charge >= 0.3 is 0 Å². The maximum atomic E-state index is 3.66. The van der Waals surface area contributed by atoms with Crippen molar-refractivity contribution >= 4 is 15.9 Å². The van der Waals surface area contributed by atoms with Crippen LogP contribution in [0.15, 0.2) is 40.4 Å². The molecule has 0 radical (unpaired) electrons. The van der Waals surface area contributed by atoms with Crippen LogP contribution in [0.1, 0.15) is 38.7 Å². The van der Waals surface area contributed by atoms with Gasteiger partial charge in [0.15, 0.2) is 0 Å². The minimum Gasteiger partial charge on any atom is -0.0623 e. The van der Waals surface area contributed by atoms with Crippen LogP contribution in [-0.4, -0.2) is 0 Å². The summed E-state index contributed by atoms with van der Waals surface area (Å²) in [6.45, 7) is 4.62. The molecule has 0 aliphatic heterocycles. The Morgan fingerprint density at radius 3 is 2.47 bits per heavy atom. The fourth-order valence-corrected chi connectivity index (χ4v) is 2.79. The Hall–Kier alpha value is -0.560. The second-order valence-electron chi connectivity index (χ2n) is 4.79. The molecule has 1 aliphatic carbocycles. The van der Waals surface area contributed by atoms with Crippen LogP contribution in [0.2, 0.25) is 0 Å². The highest BCUT2D eigenvalue weighted by molar-refractivity contribution is 9.11. The Balaban J connectivity index is 2.31. The first-order valence-electron chi connectivity index (χ1n) is 5.51. The van der Waals surface area contributed by atoms with Gasteiger partial charge in [-0.3, -0.25) is 0 Å². The van der Waals surface area contributed by atoms with Gasteiger partial charge in [-0.2, -0.15) is 0 Å². The molecule has 1 aromatic carbocycles. The topological polar surface area (TPSA) is 0 Å². The fraction of sp³-hybridized carbons (Fsp3) is 0.429. The summed E-state index contributed by atoms with van der Waals surface area (Å²) in [5, 5.41) is 0. The van der Waals surface area contributed by atoms with Crippen molar-refractivity contribution in [3.8, 4) is 0 Å². The molecule has 0 bridgehead atoms. The van der Waals surface area contributed by atoms with Gasteiger partial charge in [-0.1, -0.05) is 58.8 Å². The summed E-state index contributed by atoms with van der Waals surface area (Å²) in [4.78, 5) is 0. The maximum absolute atomic E-state index is 3.66. The lowest BCUT2D eigenvalue weighted by molar-refractivity contribution is 0.413. The smallest absolute Gasteiger partial charge is 0.00345 e. The molecule has 0 saturated heterocycles. The second kappa shape index (κ2) is 4.13. The summed E-state index contributed by atoms with van der Waals surface area (Å²) >= 11 is 3.66. The van der Waals surface area contributed by atoms with Crippen molar-refractivity contribution in [1.82, 2.24) is 0 Å². The molecule has 0 fully saturated rings. The zero-order chi connectivity index (χ0) is 10.9. The molecule has 0 saturated carbocycles. The van der Waals surface area contributed by atoms with Crippen LogP contribution in [0.5, 0.6) is 0 Å². The molecule has 0 spiro atoms. The van der Waals surface area contributed by atoms with Crippen molar-refractivity contribution in [2.75, 3.05) is 0 Å². The summed E-state index contributed by atoms with van der Waals surface area (Å²) in [6, 6.07) is 10.9. The van der Waals surface area contributed by atoms with Crippen LogP contribution in [0.25, 0.3) is 0 Å². The standard InChI is InChI=1S/C14H17Br/c1-11-10-14(2,9-8-13(11)15)12-6-4-3-5-7-12/h3-7H,8-10H2,1-2H3. The Morgan fingerprint density at radius 1 is 1.20 bits per heavy atom. The highest BCUT2D eigenvalue weighted by atomic mass is 79.9. The summed E-state index contributed by atoms with van der Waals surface area (Å²) in [5.41, 5.74) is 3.32. The van der Waals surface area contributed by atoms with Gasteiger partial charge in [0, 0.05) is 0 Å². The third kappa shape index (κ3) is 2.17. The van der Waals surface area contributed by atoms with Crippen LogP contribution in [0.4, 0.5) is 0 Å². The third-order valence-electron chi connectivity index (χ3n) is 3.49. The zero-order valence-corrected chi connectivity index (χ0v) is 11.0. The van der Waals surface area contributed by atoms with Crippen molar-refractivity contribution in [3.05, 3.63) is 46.0 Å². The maximum Gasteiger partial charge on any atom is -0.00345 e. The Labute approximate surface area is 101 Å². The van der Waals surface area contributed by atoms with E-state index in [0.717, 1.165) is 0 Å². The first-order chi connectivity index (χ1) is 7.12. The Kier molecular flexibility index (Phi) is 3.01. The lowest BCUT2D eigenvalue weighted by atomic mass is 9.71. The Bertz CT molecular complexity index is 378. The average molecular weight is 265 g/mol. The van der Waals surface area contributed by atoms with Gasteiger partial charge in [-0.15, -0.1) is 0 Å². The molecule has 80 valence electrons. The first-order valence-corrected chi connectivity index (χ1v) is 6.31. The van der Waals surface area contributed by atoms with Crippen LogP contribution < -0.4 is 0 Å². The number of halogens is 1. The normalized spacial score (nSPS) is 26.9. The van der Waals surface area contributed by atoms with Crippen molar-refractivity contribution < 1.29 is 0 Å². The molecule has 0 amide bonds. The van der Waals surface area contributed by atoms with Gasteiger partial charge < -0.3 is 0 Å². The summed E-state index contributed by atoms with van der Waals surface area (Å²) < 4.78 is 1.41. The number of allylic oxidation sites excluding steroid dienone is 2. The quantitative estimate of drug-likeness (QED) is 0.684. The van der Waals surface area contributed by atoms with Crippen molar-refractivity contribution in [2.24, 2.45) is 0 Å². The van der Waals surface area contributed by atoms with Gasteiger partial charge in [0.2, 0.25) is 0 Å². The highest BCUT2D eigenvalue weighted by Crippen LogP contribution is 2.42. The monoisotopic (exact) mass is 264 g/mol. The molecule has 1 aliphatic rings. The predicted octanol–water partition coefficient (Wildman–Crippen LogP) is 4.80. The van der Waals surface area contributed by atoms with E-state index in [4.69, 9.17) is 0 Å². The first kappa shape index (κ1) is 10.9. The van der Waals surface area contributed by atoms with E-state index in [2.05, 4.69) is 60.1 Å². The number of hydrogen-bond donors (Lipinski definition) is 0. The van der Waals surface area contributed by atoms with E-state index < -0.39 is 0 Å². The number of benzene rings is 1. The molecular formula is C14H17Br. The number of hydrogen-bond acceptors (Lipinski definition) is 0. The van der Waals surface area contributed by atoms with E-state index >= 15 is 0 Å². The van der Waals surface area contributed by atoms with Gasteiger partial charge in [0.05, 0.1) is 0 Å². The number of rotatable bonds is 1. The SMILES string of the molecule is CC1=C(Br)CCC(C)(c2ccccc2)C1. The van der Waals surface area contributed by atoms with Crippen molar-refractivity contribution in [3.63, 3.8) is 0 Å².